The number of nitrogens with two attached hydrogens (primary N) is 2. The summed E-state index contributed by atoms with van der Waals surface area (Å²) < 4.78 is 0. The molecule has 0 aliphatic heterocycles. The summed E-state index contributed by atoms with van der Waals surface area (Å²) in [5.74, 6) is 0. The molecule has 0 unspecified atom stereocenters. The lowest BCUT2D eigenvalue weighted by molar-refractivity contribution is 1.64. The maximum Gasteiger partial charge on any atom is 0.0313 e. The fourth-order valence-corrected chi connectivity index (χ4v) is 0.512. The van der Waals surface area contributed by atoms with E-state index >= 15 is 0 Å². The molecule has 14 heavy (non-hydrogen) atoms. The third kappa shape index (κ3) is 10.0. The highest BCUT2D eigenvalue weighted by Crippen LogP contribution is 2.07. The highest BCUT2D eigenvalue weighted by atomic mass is 14.5. The Morgan fingerprint density at radius 1 is 1.07 bits per heavy atom. The molecule has 0 fully saturated rings. The van der Waals surface area contributed by atoms with Crippen LogP contribution in [0.2, 0.25) is 0 Å². The predicted octanol–water partition coefficient (Wildman–Crippen LogP) is 2.47. The Hall–Kier alpha value is -1.96. The first-order valence-corrected chi connectivity index (χ1v) is 4.21. The summed E-state index contributed by atoms with van der Waals surface area (Å²) in [5.41, 5.74) is 12.0. The molecule has 4 N–H and O–H groups in total. The molecule has 1 aromatic carbocycles. The third-order valence-electron chi connectivity index (χ3n) is 1.20. The predicted molar refractivity (Wildman–Crippen MR) is 63.5 cm³/mol. The summed E-state index contributed by atoms with van der Waals surface area (Å²) >= 11 is 0. The summed E-state index contributed by atoms with van der Waals surface area (Å²) in [6.07, 6.45) is 5.19. The van der Waals surface area contributed by atoms with Gasteiger partial charge in [-0.1, -0.05) is 43.5 Å². The van der Waals surface area contributed by atoms with Crippen molar-refractivity contribution in [2.75, 3.05) is 5.73 Å². The first-order valence-electron chi connectivity index (χ1n) is 4.21. The largest absolute Gasteiger partial charge is 0.405 e. The second-order valence-electron chi connectivity index (χ2n) is 2.55. The highest BCUT2D eigenvalue weighted by Gasteiger charge is 1.87. The lowest BCUT2D eigenvalue weighted by atomic mass is 10.3. The summed E-state index contributed by atoms with van der Waals surface area (Å²) in [7, 11) is 0. The summed E-state index contributed by atoms with van der Waals surface area (Å²) in [4.78, 5) is 0. The van der Waals surface area contributed by atoms with Crippen LogP contribution in [-0.4, -0.2) is 0 Å². The minimum absolute atomic E-state index is 0.822. The van der Waals surface area contributed by atoms with Gasteiger partial charge in [0.05, 0.1) is 0 Å². The summed E-state index contributed by atoms with van der Waals surface area (Å²) in [5, 5.41) is 0. The van der Waals surface area contributed by atoms with E-state index in [0.29, 0.717) is 0 Å². The molecular weight excluding hydrogens is 172 g/mol. The third-order valence-corrected chi connectivity index (χ3v) is 1.20. The number of nitrogen functional groups attached to an aromatic ring is 1. The fraction of sp³-hybridized carbons (Fsp3) is 0. The second kappa shape index (κ2) is 7.68. The molecule has 1 aliphatic rings. The van der Waals surface area contributed by atoms with Gasteiger partial charge in [-0.3, -0.25) is 0 Å². The van der Waals surface area contributed by atoms with E-state index < -0.39 is 0 Å². The van der Waals surface area contributed by atoms with Crippen LogP contribution in [0.4, 0.5) is 5.69 Å². The molecule has 0 saturated carbocycles. The number of hydrogen-bond donors (Lipinski definition) is 2. The van der Waals surface area contributed by atoms with Gasteiger partial charge in [0.2, 0.25) is 0 Å². The number of anilines is 1. The number of allylic oxidation sites excluding steroid dienone is 3. The van der Waals surface area contributed by atoms with E-state index in [1.54, 1.807) is 0 Å². The van der Waals surface area contributed by atoms with Crippen LogP contribution in [0.3, 0.4) is 0 Å². The van der Waals surface area contributed by atoms with Crippen LogP contribution in [-0.2, 0) is 0 Å². The monoisotopic (exact) mass is 188 g/mol. The molecule has 2 heteroatoms. The molecule has 0 spiro atoms. The van der Waals surface area contributed by atoms with Crippen molar-refractivity contribution in [3.63, 3.8) is 0 Å². The van der Waals surface area contributed by atoms with Crippen molar-refractivity contribution in [3.05, 3.63) is 67.4 Å². The van der Waals surface area contributed by atoms with E-state index in [1.165, 1.54) is 11.8 Å². The van der Waals surface area contributed by atoms with Crippen LogP contribution in [0, 0.1) is 0 Å². The van der Waals surface area contributed by atoms with E-state index in [9.17, 15) is 0 Å². The smallest absolute Gasteiger partial charge is 0.0313 e. The topological polar surface area (TPSA) is 52.0 Å². The maximum atomic E-state index is 5.36. The SMILES string of the molecule is C=C1C=C1.C=CN.Nc1ccccc1. The number of rotatable bonds is 0. The minimum atomic E-state index is 0.822. The van der Waals surface area contributed by atoms with Crippen LogP contribution in [0.5, 0.6) is 0 Å². The van der Waals surface area contributed by atoms with Gasteiger partial charge in [0, 0.05) is 5.69 Å². The molecule has 0 heterocycles. The molecule has 0 saturated heterocycles. The Kier molecular flexibility index (Phi) is 6.60. The van der Waals surface area contributed by atoms with Crippen molar-refractivity contribution in [1.29, 1.82) is 0 Å². The fourth-order valence-electron chi connectivity index (χ4n) is 0.512. The van der Waals surface area contributed by atoms with Crippen molar-refractivity contribution in [2.45, 2.75) is 0 Å². The minimum Gasteiger partial charge on any atom is -0.405 e. The average molecular weight is 188 g/mol. The van der Waals surface area contributed by atoms with Gasteiger partial charge in [0.15, 0.2) is 0 Å². The van der Waals surface area contributed by atoms with Crippen LogP contribution in [0.25, 0.3) is 0 Å². The van der Waals surface area contributed by atoms with Crippen LogP contribution >= 0.6 is 0 Å². The molecule has 2 nitrogen and oxygen atoms in total. The molecule has 0 bridgehead atoms. The van der Waals surface area contributed by atoms with Gasteiger partial charge in [-0.25, -0.2) is 0 Å². The van der Waals surface area contributed by atoms with Crippen LogP contribution in [0.1, 0.15) is 0 Å². The highest BCUT2D eigenvalue weighted by molar-refractivity contribution is 5.43. The van der Waals surface area contributed by atoms with Gasteiger partial charge in [0.1, 0.15) is 0 Å². The molecule has 74 valence electrons. The Labute approximate surface area is 85.2 Å². The zero-order valence-electron chi connectivity index (χ0n) is 8.19. The van der Waals surface area contributed by atoms with Gasteiger partial charge in [0.25, 0.3) is 0 Å². The lowest BCUT2D eigenvalue weighted by Crippen LogP contribution is -1.79. The second-order valence-corrected chi connectivity index (χ2v) is 2.55. The normalized spacial score (nSPS) is 10.1. The van der Waals surface area contributed by atoms with Crippen molar-refractivity contribution in [3.8, 4) is 0 Å². The first-order chi connectivity index (χ1) is 6.70. The Morgan fingerprint density at radius 3 is 1.57 bits per heavy atom. The van der Waals surface area contributed by atoms with E-state index in [1.807, 2.05) is 42.5 Å². The molecule has 1 aromatic rings. The van der Waals surface area contributed by atoms with E-state index in [4.69, 9.17) is 5.73 Å². The Morgan fingerprint density at radius 2 is 1.43 bits per heavy atom. The Balaban J connectivity index is 0.000000206. The molecule has 0 amide bonds. The molecular formula is C12H16N2. The zero-order chi connectivity index (χ0) is 10.8. The quantitative estimate of drug-likeness (QED) is 0.614. The number of benzene rings is 1. The zero-order valence-corrected chi connectivity index (χ0v) is 8.19. The lowest BCUT2D eigenvalue weighted by Gasteiger charge is -1.83. The van der Waals surface area contributed by atoms with E-state index in [0.717, 1.165) is 5.69 Å². The Bertz CT molecular complexity index is 291. The van der Waals surface area contributed by atoms with Crippen molar-refractivity contribution < 1.29 is 0 Å². The van der Waals surface area contributed by atoms with Crippen molar-refractivity contribution in [1.82, 2.24) is 0 Å². The van der Waals surface area contributed by atoms with Crippen LogP contribution < -0.4 is 11.5 Å². The molecule has 1 aliphatic carbocycles. The number of hydrogen-bond acceptors (Lipinski definition) is 2. The standard InChI is InChI=1S/C6H7N.C4H4.C2H5N/c7-6-4-2-1-3-5-6;1-4-2-3-4;1-2-3/h1-5H,7H2;2-3H,1H2;2H,1,3H2. The van der Waals surface area contributed by atoms with Gasteiger partial charge < -0.3 is 11.5 Å². The summed E-state index contributed by atoms with van der Waals surface area (Å²) in [6, 6.07) is 9.49. The van der Waals surface area contributed by atoms with Crippen molar-refractivity contribution in [2.24, 2.45) is 5.73 Å². The van der Waals surface area contributed by atoms with Crippen LogP contribution in [0.15, 0.2) is 67.4 Å². The molecule has 0 atom stereocenters. The van der Waals surface area contributed by atoms with Gasteiger partial charge in [-0.2, -0.15) is 0 Å². The molecule has 2 rings (SSSR count). The summed E-state index contributed by atoms with van der Waals surface area (Å²) in [6.45, 7) is 6.69. The van der Waals surface area contributed by atoms with Gasteiger partial charge in [-0.15, -0.1) is 0 Å². The van der Waals surface area contributed by atoms with E-state index in [2.05, 4.69) is 18.9 Å². The maximum absolute atomic E-state index is 5.36. The first kappa shape index (κ1) is 12.0. The molecule has 0 radical (unpaired) electrons. The molecule has 0 aromatic heterocycles. The number of para-hydroxylation sites is 1. The van der Waals surface area contributed by atoms with Gasteiger partial charge in [-0.05, 0) is 23.9 Å². The average Bonchev–Trinajstić information content (AvgIpc) is 2.91. The van der Waals surface area contributed by atoms with Crippen molar-refractivity contribution >= 4 is 5.69 Å². The van der Waals surface area contributed by atoms with E-state index in [-0.39, 0.29) is 0 Å². The van der Waals surface area contributed by atoms with Gasteiger partial charge >= 0.3 is 0 Å².